The zero-order valence-corrected chi connectivity index (χ0v) is 36.2. The van der Waals surface area contributed by atoms with Gasteiger partial charge in [0.1, 0.15) is 29.9 Å². The molecule has 338 valence electrons. The molecule has 6 atom stereocenters. The molecule has 8 rings (SSSR count). The molecule has 0 unspecified atom stereocenters. The summed E-state index contributed by atoms with van der Waals surface area (Å²) in [6.45, 7) is 4.41. The molecule has 65 heavy (non-hydrogen) atoms. The molecular weight excluding hydrogens is 827 g/mol. The van der Waals surface area contributed by atoms with Crippen molar-refractivity contribution in [1.29, 1.82) is 0 Å². The highest BCUT2D eigenvalue weighted by Crippen LogP contribution is 2.62. The number of ether oxygens (including phenoxy) is 3. The van der Waals surface area contributed by atoms with Crippen LogP contribution in [-0.2, 0) is 22.7 Å². The van der Waals surface area contributed by atoms with Gasteiger partial charge in [0.2, 0.25) is 5.79 Å². The number of aliphatic hydroxyl groups excluding tert-OH is 2. The van der Waals surface area contributed by atoms with Gasteiger partial charge in [-0.2, -0.15) is 0 Å². The van der Waals surface area contributed by atoms with Crippen LogP contribution < -0.4 is 9.47 Å². The minimum Gasteiger partial charge on any atom is -0.508 e. The number of phenolic OH excluding ortho intramolecular Hbond substituents is 1. The minimum absolute atomic E-state index is 0.00309. The topological polar surface area (TPSA) is 173 Å². The molecular formula is C52H55N3O10. The molecule has 0 spiro atoms. The first-order valence-corrected chi connectivity index (χ1v) is 22.4. The summed E-state index contributed by atoms with van der Waals surface area (Å²) in [5.41, 5.74) is 3.83. The molecule has 3 N–H and O–H groups in total. The number of aromatic hydroxyl groups is 1. The molecule has 1 aliphatic heterocycles. The van der Waals surface area contributed by atoms with Crippen LogP contribution in [0.4, 0.5) is 10.5 Å². The summed E-state index contributed by atoms with van der Waals surface area (Å²) in [5, 5.41) is 49.4. The number of nitro groups is 1. The van der Waals surface area contributed by atoms with Crippen LogP contribution >= 0.6 is 0 Å². The van der Waals surface area contributed by atoms with Gasteiger partial charge in [0.05, 0.1) is 29.7 Å². The van der Waals surface area contributed by atoms with E-state index in [9.17, 15) is 25.4 Å². The van der Waals surface area contributed by atoms with Crippen LogP contribution in [0.15, 0.2) is 145 Å². The molecule has 3 aliphatic rings. The normalized spacial score (nSPS) is 22.5. The summed E-state index contributed by atoms with van der Waals surface area (Å²) in [6, 6.07) is 33.1. The number of phenols is 1. The lowest BCUT2D eigenvalue weighted by atomic mass is 9.55. The molecule has 1 heterocycles. The first-order chi connectivity index (χ1) is 31.7. The first-order valence-electron chi connectivity index (χ1n) is 22.4. The molecule has 13 nitrogen and oxygen atoms in total. The molecule has 5 aromatic carbocycles. The fraction of sp³-hybridized carbons (Fsp3) is 0.346. The van der Waals surface area contributed by atoms with Crippen LogP contribution in [0, 0.1) is 27.9 Å². The van der Waals surface area contributed by atoms with E-state index >= 15 is 4.79 Å². The fourth-order valence-electron chi connectivity index (χ4n) is 10.1. The third kappa shape index (κ3) is 9.63. The number of amides is 1. The van der Waals surface area contributed by atoms with E-state index < -0.39 is 28.8 Å². The second-order valence-corrected chi connectivity index (χ2v) is 16.9. The molecule has 0 radical (unpaired) electrons. The van der Waals surface area contributed by atoms with Crippen molar-refractivity contribution in [3.8, 4) is 17.2 Å². The maximum atomic E-state index is 15.2. The second kappa shape index (κ2) is 20.5. The average Bonchev–Trinajstić information content (AvgIpc) is 3.32. The van der Waals surface area contributed by atoms with Crippen molar-refractivity contribution in [2.24, 2.45) is 22.9 Å². The number of carbonyl (C=O) groups excluding carboxylic acids is 1. The monoisotopic (exact) mass is 881 g/mol. The summed E-state index contributed by atoms with van der Waals surface area (Å²) in [7, 11) is 0. The quantitative estimate of drug-likeness (QED) is 0.0314. The number of unbranched alkanes of at least 4 members (excludes halogenated alkanes) is 2. The Bertz CT molecular complexity index is 2520. The zero-order valence-electron chi connectivity index (χ0n) is 36.2. The highest BCUT2D eigenvalue weighted by atomic mass is 16.7. The molecule has 2 aliphatic carbocycles. The predicted octanol–water partition coefficient (Wildman–Crippen LogP) is 9.99. The first kappa shape index (κ1) is 45.0. The largest absolute Gasteiger partial charge is 0.508 e. The Morgan fingerprint density at radius 2 is 1.66 bits per heavy atom. The van der Waals surface area contributed by atoms with Gasteiger partial charge in [0, 0.05) is 43.2 Å². The lowest BCUT2D eigenvalue weighted by Gasteiger charge is -2.59. The Balaban J connectivity index is 1.35. The Kier molecular flexibility index (Phi) is 14.2. The van der Waals surface area contributed by atoms with E-state index in [0.29, 0.717) is 24.3 Å². The van der Waals surface area contributed by atoms with Crippen molar-refractivity contribution in [2.45, 2.75) is 75.8 Å². The number of oxime groups is 1. The van der Waals surface area contributed by atoms with Crippen molar-refractivity contribution in [2.75, 3.05) is 19.8 Å². The summed E-state index contributed by atoms with van der Waals surface area (Å²) < 4.78 is 20.6. The van der Waals surface area contributed by atoms with E-state index in [0.717, 1.165) is 58.7 Å². The number of non-ortho nitro benzene ring substituents is 1. The van der Waals surface area contributed by atoms with E-state index in [2.05, 4.69) is 12.7 Å². The Labute approximate surface area is 378 Å². The van der Waals surface area contributed by atoms with Crippen LogP contribution in [0.1, 0.15) is 67.6 Å². The number of carbonyl (C=O) groups is 1. The fourth-order valence-corrected chi connectivity index (χ4v) is 10.1. The zero-order chi connectivity index (χ0) is 45.3. The van der Waals surface area contributed by atoms with Gasteiger partial charge in [-0.25, -0.2) is 4.79 Å². The predicted molar refractivity (Wildman–Crippen MR) is 246 cm³/mol. The summed E-state index contributed by atoms with van der Waals surface area (Å²) in [5.74, 6) is -1.94. The Hall–Kier alpha value is -6.54. The summed E-state index contributed by atoms with van der Waals surface area (Å²) in [4.78, 5) is 34.1. The van der Waals surface area contributed by atoms with Gasteiger partial charge < -0.3 is 34.4 Å². The van der Waals surface area contributed by atoms with Crippen LogP contribution in [0.2, 0.25) is 0 Å². The van der Waals surface area contributed by atoms with Gasteiger partial charge in [-0.15, -0.1) is 6.58 Å². The van der Waals surface area contributed by atoms with E-state index in [1.165, 1.54) is 24.3 Å². The van der Waals surface area contributed by atoms with Crippen molar-refractivity contribution >= 4 is 28.3 Å². The van der Waals surface area contributed by atoms with Crippen molar-refractivity contribution in [1.82, 2.24) is 4.90 Å². The molecule has 1 saturated carbocycles. The van der Waals surface area contributed by atoms with Crippen LogP contribution in [0.5, 0.6) is 17.2 Å². The molecule has 0 saturated heterocycles. The second-order valence-electron chi connectivity index (χ2n) is 16.9. The lowest BCUT2D eigenvalue weighted by molar-refractivity contribution is -0.384. The van der Waals surface area contributed by atoms with E-state index in [1.54, 1.807) is 29.2 Å². The van der Waals surface area contributed by atoms with Crippen LogP contribution in [0.25, 0.3) is 10.8 Å². The maximum Gasteiger partial charge on any atom is 0.416 e. The van der Waals surface area contributed by atoms with Gasteiger partial charge in [0.15, 0.2) is 0 Å². The van der Waals surface area contributed by atoms with E-state index in [1.807, 2.05) is 72.8 Å². The number of allylic oxidation sites excluding steroid dienone is 1. The number of rotatable bonds is 19. The number of aliphatic hydroxyl groups is 2. The van der Waals surface area contributed by atoms with E-state index in [4.69, 9.17) is 24.2 Å². The molecule has 0 aromatic heterocycles. The molecule has 13 heteroatoms. The Morgan fingerprint density at radius 3 is 2.42 bits per heavy atom. The third-order valence-corrected chi connectivity index (χ3v) is 13.0. The number of fused-ring (bicyclic) bond motifs is 3. The minimum atomic E-state index is -1.60. The van der Waals surface area contributed by atoms with Gasteiger partial charge in [-0.05, 0) is 95.3 Å². The molecule has 0 bridgehead atoms. The van der Waals surface area contributed by atoms with Crippen LogP contribution in [0.3, 0.4) is 0 Å². The standard InChI is InChI=1S/C52H55N3O10/c1-2-29-62-52-48(54(33-38-18-12-17-36-15-6-7-19-42(36)38)51(59)64-41-24-21-39(22-25-41)55(60)61)32-46(53-63-34-35-13-4-3-5-14-35)44-30-37(16-8-10-27-56)43(20-9-11-28-57)49(50(44)52)45-31-40(58)23-26-47(45)65-52/h2-7,12-15,17-19,21-26,30-31,37,43,48-50,56-58H,1,8-11,16,20,27-29,32-34H2/t37-,43+,48-,49+,50+,52+/m0/s1. The van der Waals surface area contributed by atoms with Gasteiger partial charge in [0.25, 0.3) is 5.69 Å². The van der Waals surface area contributed by atoms with Gasteiger partial charge in [-0.3, -0.25) is 15.0 Å². The summed E-state index contributed by atoms with van der Waals surface area (Å²) >= 11 is 0. The third-order valence-electron chi connectivity index (χ3n) is 13.0. The maximum absolute atomic E-state index is 15.2. The number of nitro benzene ring substituents is 1. The summed E-state index contributed by atoms with van der Waals surface area (Å²) in [6.07, 6.45) is 7.50. The smallest absolute Gasteiger partial charge is 0.416 e. The highest BCUT2D eigenvalue weighted by Gasteiger charge is 2.65. The van der Waals surface area contributed by atoms with Crippen molar-refractivity contribution in [3.63, 3.8) is 0 Å². The number of hydrogen-bond donors (Lipinski definition) is 3. The molecule has 1 amide bonds. The number of nitrogens with zero attached hydrogens (tertiary/aromatic N) is 3. The lowest BCUT2D eigenvalue weighted by Crippen LogP contribution is -2.70. The number of benzene rings is 5. The number of hydrogen-bond acceptors (Lipinski definition) is 11. The SMILES string of the molecule is C=CCO[C@@]12Oc3ccc(O)cc3[C@H]3[C@H](CCCCO)[C@@H](CCCCO)C=C(C(=NOCc4ccccc4)C[C@@H]1N(Cc1cccc4ccccc14)C(=O)Oc1ccc([N+](=O)[O-])cc1)[C@H]32. The van der Waals surface area contributed by atoms with Gasteiger partial charge >= 0.3 is 6.09 Å². The highest BCUT2D eigenvalue weighted by molar-refractivity contribution is 6.03. The van der Waals surface area contributed by atoms with E-state index in [-0.39, 0.29) is 74.3 Å². The van der Waals surface area contributed by atoms with Crippen molar-refractivity contribution in [3.05, 3.63) is 166 Å². The van der Waals surface area contributed by atoms with Gasteiger partial charge in [-0.1, -0.05) is 103 Å². The van der Waals surface area contributed by atoms with Crippen molar-refractivity contribution < 1.29 is 44.1 Å². The molecule has 5 aromatic rings. The molecule has 1 fully saturated rings. The van der Waals surface area contributed by atoms with Crippen LogP contribution in [-0.4, -0.2) is 68.6 Å². The Morgan fingerprint density at radius 1 is 0.923 bits per heavy atom. The average molecular weight is 882 g/mol.